The van der Waals surface area contributed by atoms with Gasteiger partial charge in [-0.1, -0.05) is 6.92 Å². The zero-order valence-corrected chi connectivity index (χ0v) is 13.1. The van der Waals surface area contributed by atoms with Crippen LogP contribution in [-0.2, 0) is 4.79 Å². The highest BCUT2D eigenvalue weighted by Gasteiger charge is 2.16. The molecule has 5 nitrogen and oxygen atoms in total. The highest BCUT2D eigenvalue weighted by atomic mass is 16.5. The number of ketones is 1. The van der Waals surface area contributed by atoms with E-state index in [0.717, 1.165) is 0 Å². The fourth-order valence-electron chi connectivity index (χ4n) is 1.86. The van der Waals surface area contributed by atoms with Crippen LogP contribution in [0.2, 0.25) is 0 Å². The minimum atomic E-state index is -0.496. The van der Waals surface area contributed by atoms with Gasteiger partial charge in [-0.25, -0.2) is 0 Å². The molecule has 1 unspecified atom stereocenters. The van der Waals surface area contributed by atoms with E-state index in [-0.39, 0.29) is 11.7 Å². The smallest absolute Gasteiger partial charge is 0.251 e. The topological polar surface area (TPSA) is 64.6 Å². The normalized spacial score (nSPS) is 11.6. The molecule has 0 aliphatic heterocycles. The van der Waals surface area contributed by atoms with Crippen LogP contribution in [0.1, 0.15) is 44.5 Å². The Kier molecular flexibility index (Phi) is 6.72. The van der Waals surface area contributed by atoms with E-state index in [0.29, 0.717) is 36.7 Å². The van der Waals surface area contributed by atoms with E-state index < -0.39 is 6.04 Å². The molecule has 0 radical (unpaired) electrons. The molecule has 0 saturated carbocycles. The highest BCUT2D eigenvalue weighted by Crippen LogP contribution is 2.28. The lowest BCUT2D eigenvalue weighted by Gasteiger charge is -2.14. The molecular weight excluding hydrogens is 270 g/mol. The lowest BCUT2D eigenvalue weighted by atomic mass is 10.1. The molecule has 21 heavy (non-hydrogen) atoms. The maximum absolute atomic E-state index is 12.1. The van der Waals surface area contributed by atoms with Gasteiger partial charge in [-0.05, 0) is 39.0 Å². The van der Waals surface area contributed by atoms with Crippen molar-refractivity contribution in [3.05, 3.63) is 23.8 Å². The minimum Gasteiger partial charge on any atom is -0.490 e. The average Bonchev–Trinajstić information content (AvgIpc) is 2.48. The van der Waals surface area contributed by atoms with Gasteiger partial charge < -0.3 is 14.8 Å². The van der Waals surface area contributed by atoms with Gasteiger partial charge in [-0.15, -0.1) is 0 Å². The first-order valence-corrected chi connectivity index (χ1v) is 7.26. The van der Waals surface area contributed by atoms with Crippen molar-refractivity contribution in [1.29, 1.82) is 0 Å². The average molecular weight is 293 g/mol. The number of hydrogen-bond acceptors (Lipinski definition) is 4. The summed E-state index contributed by atoms with van der Waals surface area (Å²) in [6.07, 6.45) is 0.398. The predicted molar refractivity (Wildman–Crippen MR) is 81.0 cm³/mol. The third-order valence-corrected chi connectivity index (χ3v) is 2.98. The van der Waals surface area contributed by atoms with Gasteiger partial charge in [-0.2, -0.15) is 0 Å². The standard InChI is InChI=1S/C16H23NO4/c1-5-13(18)11(4)17-16(19)12-8-9-14(20-6-2)15(10-12)21-7-3/h8-11H,5-7H2,1-4H3,(H,17,19). The second-order valence-corrected chi connectivity index (χ2v) is 4.54. The van der Waals surface area contributed by atoms with Crippen molar-refractivity contribution in [3.8, 4) is 11.5 Å². The molecule has 0 saturated heterocycles. The molecule has 1 rings (SSSR count). The monoisotopic (exact) mass is 293 g/mol. The van der Waals surface area contributed by atoms with Crippen molar-refractivity contribution in [2.75, 3.05) is 13.2 Å². The third kappa shape index (κ3) is 4.77. The summed E-state index contributed by atoms with van der Waals surface area (Å²) in [5.74, 6) is 0.836. The summed E-state index contributed by atoms with van der Waals surface area (Å²) in [6, 6.07) is 4.50. The number of benzene rings is 1. The molecule has 1 aromatic carbocycles. The van der Waals surface area contributed by atoms with Crippen molar-refractivity contribution in [2.24, 2.45) is 0 Å². The highest BCUT2D eigenvalue weighted by molar-refractivity contribution is 5.98. The van der Waals surface area contributed by atoms with E-state index in [2.05, 4.69) is 5.32 Å². The molecule has 1 aromatic rings. The number of carbonyl (C=O) groups is 2. The van der Waals surface area contributed by atoms with Crippen LogP contribution < -0.4 is 14.8 Å². The summed E-state index contributed by atoms with van der Waals surface area (Å²) in [5.41, 5.74) is 0.442. The van der Waals surface area contributed by atoms with Gasteiger partial charge in [-0.3, -0.25) is 9.59 Å². The molecule has 1 amide bonds. The Hall–Kier alpha value is -2.04. The molecule has 0 spiro atoms. The van der Waals surface area contributed by atoms with E-state index in [9.17, 15) is 9.59 Å². The maximum atomic E-state index is 12.1. The van der Waals surface area contributed by atoms with Gasteiger partial charge in [0, 0.05) is 12.0 Å². The van der Waals surface area contributed by atoms with Crippen LogP contribution in [0.5, 0.6) is 11.5 Å². The van der Waals surface area contributed by atoms with Crippen LogP contribution in [0.3, 0.4) is 0 Å². The molecule has 0 bridgehead atoms. The van der Waals surface area contributed by atoms with Gasteiger partial charge in [0.25, 0.3) is 5.91 Å². The van der Waals surface area contributed by atoms with Gasteiger partial charge in [0.15, 0.2) is 17.3 Å². The van der Waals surface area contributed by atoms with E-state index >= 15 is 0 Å². The van der Waals surface area contributed by atoms with Crippen LogP contribution >= 0.6 is 0 Å². The maximum Gasteiger partial charge on any atom is 0.251 e. The first kappa shape index (κ1) is 17.0. The third-order valence-electron chi connectivity index (χ3n) is 2.98. The first-order valence-electron chi connectivity index (χ1n) is 7.26. The number of carbonyl (C=O) groups excluding carboxylic acids is 2. The molecular formula is C16H23NO4. The summed E-state index contributed by atoms with van der Waals surface area (Å²) in [7, 11) is 0. The van der Waals surface area contributed by atoms with E-state index in [1.54, 1.807) is 32.0 Å². The second-order valence-electron chi connectivity index (χ2n) is 4.54. The van der Waals surface area contributed by atoms with E-state index in [1.807, 2.05) is 13.8 Å². The lowest BCUT2D eigenvalue weighted by molar-refractivity contribution is -0.120. The Morgan fingerprint density at radius 2 is 1.71 bits per heavy atom. The van der Waals surface area contributed by atoms with E-state index in [4.69, 9.17) is 9.47 Å². The molecule has 0 aliphatic rings. The van der Waals surface area contributed by atoms with Crippen molar-refractivity contribution in [3.63, 3.8) is 0 Å². The molecule has 0 aromatic heterocycles. The van der Waals surface area contributed by atoms with Crippen LogP contribution in [0, 0.1) is 0 Å². The van der Waals surface area contributed by atoms with Crippen molar-refractivity contribution < 1.29 is 19.1 Å². The van der Waals surface area contributed by atoms with Gasteiger partial charge in [0.05, 0.1) is 19.3 Å². The molecule has 0 heterocycles. The molecule has 5 heteroatoms. The van der Waals surface area contributed by atoms with E-state index in [1.165, 1.54) is 0 Å². The number of rotatable bonds is 8. The van der Waals surface area contributed by atoms with Gasteiger partial charge in [0.2, 0.25) is 0 Å². The number of Topliss-reactive ketones (excluding diaryl/α,β-unsaturated/α-hetero) is 1. The van der Waals surface area contributed by atoms with Crippen molar-refractivity contribution in [1.82, 2.24) is 5.32 Å². The first-order chi connectivity index (χ1) is 10.0. The zero-order valence-electron chi connectivity index (χ0n) is 13.1. The molecule has 116 valence electrons. The van der Waals surface area contributed by atoms with Crippen LogP contribution in [0.4, 0.5) is 0 Å². The molecule has 1 atom stereocenters. The quantitative estimate of drug-likeness (QED) is 0.800. The van der Waals surface area contributed by atoms with Crippen LogP contribution in [-0.4, -0.2) is 30.9 Å². The SMILES string of the molecule is CCOc1ccc(C(=O)NC(C)C(=O)CC)cc1OCC. The Balaban J connectivity index is 2.89. The Bertz CT molecular complexity index is 499. The molecule has 1 N–H and O–H groups in total. The summed E-state index contributed by atoms with van der Waals surface area (Å²) < 4.78 is 10.9. The fraction of sp³-hybridized carbons (Fsp3) is 0.500. The minimum absolute atomic E-state index is 0.000631. The summed E-state index contributed by atoms with van der Waals surface area (Å²) in [6.45, 7) is 8.21. The number of amides is 1. The Morgan fingerprint density at radius 1 is 1.10 bits per heavy atom. The molecule has 0 aliphatic carbocycles. The Labute approximate surface area is 125 Å². The summed E-state index contributed by atoms with van der Waals surface area (Å²) in [4.78, 5) is 23.7. The fourth-order valence-corrected chi connectivity index (χ4v) is 1.86. The van der Waals surface area contributed by atoms with Crippen LogP contribution in [0.25, 0.3) is 0 Å². The molecule has 0 fully saturated rings. The Morgan fingerprint density at radius 3 is 2.29 bits per heavy atom. The van der Waals surface area contributed by atoms with Crippen molar-refractivity contribution >= 4 is 11.7 Å². The number of ether oxygens (including phenoxy) is 2. The second kappa shape index (κ2) is 8.29. The van der Waals surface area contributed by atoms with Gasteiger partial charge in [0.1, 0.15) is 0 Å². The van der Waals surface area contributed by atoms with Gasteiger partial charge >= 0.3 is 0 Å². The summed E-state index contributed by atoms with van der Waals surface area (Å²) >= 11 is 0. The predicted octanol–water partition coefficient (Wildman–Crippen LogP) is 2.58. The lowest BCUT2D eigenvalue weighted by Crippen LogP contribution is -2.38. The van der Waals surface area contributed by atoms with Crippen molar-refractivity contribution in [2.45, 2.75) is 40.2 Å². The largest absolute Gasteiger partial charge is 0.490 e. The number of hydrogen-bond donors (Lipinski definition) is 1. The van der Waals surface area contributed by atoms with Crippen LogP contribution in [0.15, 0.2) is 18.2 Å². The summed E-state index contributed by atoms with van der Waals surface area (Å²) in [5, 5.41) is 2.68. The number of nitrogens with one attached hydrogen (secondary N) is 1. The zero-order chi connectivity index (χ0) is 15.8.